The zero-order valence-corrected chi connectivity index (χ0v) is 14.8. The Hall–Kier alpha value is -0.933. The number of hydrogen-bond acceptors (Lipinski definition) is 2. The van der Waals surface area contributed by atoms with Gasteiger partial charge in [0.25, 0.3) is 0 Å². The van der Waals surface area contributed by atoms with Crippen LogP contribution in [-0.2, 0) is 11.0 Å². The van der Waals surface area contributed by atoms with Gasteiger partial charge in [0.05, 0.1) is 6.54 Å². The van der Waals surface area contributed by atoms with Gasteiger partial charge in [0.2, 0.25) is 0 Å². The molecule has 0 fully saturated rings. The summed E-state index contributed by atoms with van der Waals surface area (Å²) in [4.78, 5) is 4.48. The van der Waals surface area contributed by atoms with Crippen LogP contribution in [0.15, 0.2) is 35.3 Å². The van der Waals surface area contributed by atoms with E-state index in [-0.39, 0.29) is 11.1 Å². The molecule has 0 spiro atoms. The molecule has 0 aliphatic heterocycles. The Bertz CT molecular complexity index is 420. The molecule has 0 heterocycles. The monoisotopic (exact) mass is 291 g/mol. The van der Waals surface area contributed by atoms with Gasteiger partial charge >= 0.3 is 0 Å². The zero-order chi connectivity index (χ0) is 15.2. The predicted octanol–water partition coefficient (Wildman–Crippen LogP) is 5.06. The molecule has 0 N–H and O–H groups in total. The normalized spacial score (nSPS) is 14.7. The van der Waals surface area contributed by atoms with E-state index < -0.39 is 8.32 Å². The standard InChI is InChI=1S/C17H29NOSi/c1-15(19-20(5,6)17(2,3)4)12-13-18-14-16-10-8-7-9-11-16/h7-11,13,15H,12,14H2,1-6H3/t15-/m1/s1. The van der Waals surface area contributed by atoms with Gasteiger partial charge in [-0.1, -0.05) is 51.1 Å². The van der Waals surface area contributed by atoms with E-state index in [0.29, 0.717) is 0 Å². The lowest BCUT2D eigenvalue weighted by Gasteiger charge is -2.38. The van der Waals surface area contributed by atoms with Crippen molar-refractivity contribution in [3.8, 4) is 0 Å². The van der Waals surface area contributed by atoms with Crippen molar-refractivity contribution in [2.45, 2.75) is 64.9 Å². The molecule has 1 rings (SSSR count). The Morgan fingerprint density at radius 2 is 1.80 bits per heavy atom. The van der Waals surface area contributed by atoms with Gasteiger partial charge in [0.15, 0.2) is 8.32 Å². The first kappa shape index (κ1) is 17.1. The van der Waals surface area contributed by atoms with Crippen LogP contribution in [0.4, 0.5) is 0 Å². The first-order chi connectivity index (χ1) is 9.22. The molecule has 0 unspecified atom stereocenters. The number of benzene rings is 1. The first-order valence-electron chi connectivity index (χ1n) is 7.42. The van der Waals surface area contributed by atoms with Gasteiger partial charge in [-0.25, -0.2) is 0 Å². The van der Waals surface area contributed by atoms with Crippen LogP contribution >= 0.6 is 0 Å². The molecule has 0 saturated carbocycles. The summed E-state index contributed by atoms with van der Waals surface area (Å²) < 4.78 is 6.30. The number of rotatable bonds is 6. The summed E-state index contributed by atoms with van der Waals surface area (Å²) in [7, 11) is -1.65. The number of hydrogen-bond donors (Lipinski definition) is 0. The second kappa shape index (κ2) is 7.18. The van der Waals surface area contributed by atoms with E-state index in [9.17, 15) is 0 Å². The van der Waals surface area contributed by atoms with Gasteiger partial charge in [0.1, 0.15) is 0 Å². The average molecular weight is 292 g/mol. The zero-order valence-electron chi connectivity index (χ0n) is 13.8. The van der Waals surface area contributed by atoms with Crippen LogP contribution in [0.3, 0.4) is 0 Å². The molecule has 2 nitrogen and oxygen atoms in total. The van der Waals surface area contributed by atoms with Gasteiger partial charge in [0, 0.05) is 18.7 Å². The van der Waals surface area contributed by atoms with Gasteiger partial charge in [-0.15, -0.1) is 0 Å². The van der Waals surface area contributed by atoms with Crippen molar-refractivity contribution < 1.29 is 4.43 Å². The molecule has 3 heteroatoms. The molecule has 0 bridgehead atoms. The Kier molecular flexibility index (Phi) is 6.15. The first-order valence-corrected chi connectivity index (χ1v) is 10.3. The molecule has 1 aromatic rings. The predicted molar refractivity (Wildman–Crippen MR) is 91.0 cm³/mol. The maximum atomic E-state index is 6.30. The highest BCUT2D eigenvalue weighted by Gasteiger charge is 2.38. The average Bonchev–Trinajstić information content (AvgIpc) is 2.34. The smallest absolute Gasteiger partial charge is 0.192 e. The highest BCUT2D eigenvalue weighted by Crippen LogP contribution is 2.37. The van der Waals surface area contributed by atoms with E-state index >= 15 is 0 Å². The van der Waals surface area contributed by atoms with Gasteiger partial charge in [-0.05, 0) is 30.6 Å². The van der Waals surface area contributed by atoms with E-state index in [2.05, 4.69) is 57.9 Å². The third-order valence-electron chi connectivity index (χ3n) is 3.99. The quantitative estimate of drug-likeness (QED) is 0.530. The van der Waals surface area contributed by atoms with Crippen molar-refractivity contribution >= 4 is 14.5 Å². The van der Waals surface area contributed by atoms with Crippen LogP contribution in [0.25, 0.3) is 0 Å². The summed E-state index contributed by atoms with van der Waals surface area (Å²) in [5.41, 5.74) is 1.25. The molecule has 0 amide bonds. The molecule has 0 saturated heterocycles. The molecule has 20 heavy (non-hydrogen) atoms. The summed E-state index contributed by atoms with van der Waals surface area (Å²) in [6.45, 7) is 14.3. The lowest BCUT2D eigenvalue weighted by atomic mass is 10.2. The lowest BCUT2D eigenvalue weighted by Crippen LogP contribution is -2.43. The highest BCUT2D eigenvalue weighted by atomic mass is 28.4. The molecular weight excluding hydrogens is 262 g/mol. The minimum atomic E-state index is -1.65. The van der Waals surface area contributed by atoms with E-state index in [4.69, 9.17) is 4.43 Å². The Morgan fingerprint density at radius 1 is 1.20 bits per heavy atom. The van der Waals surface area contributed by atoms with Gasteiger partial charge < -0.3 is 4.43 Å². The van der Waals surface area contributed by atoms with E-state index in [1.165, 1.54) is 5.56 Å². The van der Waals surface area contributed by atoms with Crippen molar-refractivity contribution in [1.29, 1.82) is 0 Å². The molecule has 112 valence electrons. The van der Waals surface area contributed by atoms with Crippen molar-refractivity contribution in [2.24, 2.45) is 4.99 Å². The maximum absolute atomic E-state index is 6.30. The van der Waals surface area contributed by atoms with Crippen LogP contribution in [0.1, 0.15) is 39.7 Å². The number of aliphatic imine (C=N–C) groups is 1. The third-order valence-corrected chi connectivity index (χ3v) is 8.59. The summed E-state index contributed by atoms with van der Waals surface area (Å²) in [6.07, 6.45) is 3.14. The van der Waals surface area contributed by atoms with Crippen LogP contribution in [0.2, 0.25) is 18.1 Å². The van der Waals surface area contributed by atoms with E-state index in [0.717, 1.165) is 13.0 Å². The highest BCUT2D eigenvalue weighted by molar-refractivity contribution is 6.74. The SMILES string of the molecule is C[C@H](CC=NCc1ccccc1)O[Si](C)(C)C(C)(C)C. The van der Waals surface area contributed by atoms with Crippen molar-refractivity contribution in [3.63, 3.8) is 0 Å². The van der Waals surface area contributed by atoms with Crippen molar-refractivity contribution in [3.05, 3.63) is 35.9 Å². The van der Waals surface area contributed by atoms with Gasteiger partial charge in [-0.2, -0.15) is 0 Å². The molecule has 0 radical (unpaired) electrons. The number of nitrogens with zero attached hydrogens (tertiary/aromatic N) is 1. The lowest BCUT2D eigenvalue weighted by molar-refractivity contribution is 0.207. The molecule has 0 aliphatic rings. The largest absolute Gasteiger partial charge is 0.414 e. The summed E-state index contributed by atoms with van der Waals surface area (Å²) >= 11 is 0. The Balaban J connectivity index is 2.38. The molecule has 0 aliphatic carbocycles. The van der Waals surface area contributed by atoms with E-state index in [1.54, 1.807) is 0 Å². The third kappa shape index (κ3) is 5.59. The van der Waals surface area contributed by atoms with Crippen LogP contribution in [0.5, 0.6) is 0 Å². The summed E-state index contributed by atoms with van der Waals surface area (Å²) in [6, 6.07) is 10.3. The van der Waals surface area contributed by atoms with Gasteiger partial charge in [-0.3, -0.25) is 4.99 Å². The second-order valence-electron chi connectivity index (χ2n) is 6.93. The Morgan fingerprint density at radius 3 is 2.35 bits per heavy atom. The van der Waals surface area contributed by atoms with E-state index in [1.807, 2.05) is 24.4 Å². The van der Waals surface area contributed by atoms with Crippen molar-refractivity contribution in [2.75, 3.05) is 0 Å². The maximum Gasteiger partial charge on any atom is 0.192 e. The van der Waals surface area contributed by atoms with Crippen LogP contribution in [-0.4, -0.2) is 20.6 Å². The molecule has 1 atom stereocenters. The van der Waals surface area contributed by atoms with Crippen molar-refractivity contribution in [1.82, 2.24) is 0 Å². The Labute approximate surface area is 125 Å². The fourth-order valence-corrected chi connectivity index (χ4v) is 3.16. The molecular formula is C17H29NOSi. The molecule has 0 aromatic heterocycles. The fourth-order valence-electron chi connectivity index (χ4n) is 1.70. The summed E-state index contributed by atoms with van der Waals surface area (Å²) in [5, 5.41) is 0.266. The minimum Gasteiger partial charge on any atom is -0.414 e. The van der Waals surface area contributed by atoms with Crippen LogP contribution < -0.4 is 0 Å². The van der Waals surface area contributed by atoms with Crippen LogP contribution in [0, 0.1) is 0 Å². The minimum absolute atomic E-state index is 0.246. The second-order valence-corrected chi connectivity index (χ2v) is 11.7. The summed E-state index contributed by atoms with van der Waals surface area (Å²) in [5.74, 6) is 0. The topological polar surface area (TPSA) is 21.6 Å². The molecule has 1 aromatic carbocycles. The fraction of sp³-hybridized carbons (Fsp3) is 0.588.